The van der Waals surface area contributed by atoms with Gasteiger partial charge in [-0.2, -0.15) is 0 Å². The summed E-state index contributed by atoms with van der Waals surface area (Å²) in [6.07, 6.45) is 1.03. The summed E-state index contributed by atoms with van der Waals surface area (Å²) in [4.78, 5) is 0. The summed E-state index contributed by atoms with van der Waals surface area (Å²) in [5.41, 5.74) is 2.59. The van der Waals surface area contributed by atoms with Gasteiger partial charge in [-0.1, -0.05) is 38.5 Å². The molecule has 0 saturated heterocycles. The number of nitrogens with one attached hydrogen (secondary N) is 1. The molecule has 0 fully saturated rings. The molecular weight excluding hydrogens is 290 g/mol. The highest BCUT2D eigenvalue weighted by Crippen LogP contribution is 2.32. The summed E-state index contributed by atoms with van der Waals surface area (Å²) in [5.74, 6) is 0.962. The number of hydrogen-bond donors (Lipinski definition) is 1. The van der Waals surface area contributed by atoms with Crippen LogP contribution in [0.1, 0.15) is 38.3 Å². The van der Waals surface area contributed by atoms with Crippen LogP contribution >= 0.6 is 0 Å². The molecule has 1 rings (SSSR count). The van der Waals surface area contributed by atoms with Crippen molar-refractivity contribution < 1.29 is 14.2 Å². The zero-order valence-electron chi connectivity index (χ0n) is 15.4. The normalized spacial score (nSPS) is 11.7. The molecule has 0 radical (unpaired) electrons. The van der Waals surface area contributed by atoms with Crippen molar-refractivity contribution in [2.75, 3.05) is 46.6 Å². The van der Waals surface area contributed by atoms with Crippen molar-refractivity contribution >= 4 is 0 Å². The Morgan fingerprint density at radius 2 is 1.78 bits per heavy atom. The van der Waals surface area contributed by atoms with Gasteiger partial charge in [0.15, 0.2) is 0 Å². The lowest BCUT2D eigenvalue weighted by atomic mass is 9.85. The Hall–Kier alpha value is -1.10. The second-order valence-electron chi connectivity index (χ2n) is 6.81. The Bertz CT molecular complexity index is 441. The smallest absolute Gasteiger partial charge is 0.123 e. The Balaban J connectivity index is 2.21. The third kappa shape index (κ3) is 8.35. The van der Waals surface area contributed by atoms with Gasteiger partial charge >= 0.3 is 0 Å². The van der Waals surface area contributed by atoms with E-state index in [1.807, 2.05) is 0 Å². The minimum Gasteiger partial charge on any atom is -0.491 e. The molecule has 0 atom stereocenters. The van der Waals surface area contributed by atoms with Gasteiger partial charge in [0.1, 0.15) is 12.4 Å². The molecule has 0 aliphatic carbocycles. The standard InChI is InChI=1S/C19H33NO3/c1-16-7-8-18(17(15-16)19(2,3)4)23-14-13-22-12-10-20-9-6-11-21-5/h7-8,15,20H,6,9-14H2,1-5H3. The van der Waals surface area contributed by atoms with E-state index in [0.29, 0.717) is 19.8 Å². The highest BCUT2D eigenvalue weighted by atomic mass is 16.5. The molecule has 0 aromatic heterocycles. The minimum atomic E-state index is 0.0777. The maximum Gasteiger partial charge on any atom is 0.123 e. The molecule has 0 aliphatic heterocycles. The number of rotatable bonds is 11. The van der Waals surface area contributed by atoms with Crippen molar-refractivity contribution in [3.05, 3.63) is 29.3 Å². The number of hydrogen-bond acceptors (Lipinski definition) is 4. The molecular formula is C19H33NO3. The van der Waals surface area contributed by atoms with Crippen LogP contribution in [0.4, 0.5) is 0 Å². The van der Waals surface area contributed by atoms with Crippen molar-refractivity contribution in [3.8, 4) is 5.75 Å². The zero-order valence-corrected chi connectivity index (χ0v) is 15.4. The van der Waals surface area contributed by atoms with Gasteiger partial charge in [0.25, 0.3) is 0 Å². The number of aryl methyl sites for hydroxylation is 1. The lowest BCUT2D eigenvalue weighted by molar-refractivity contribution is 0.101. The molecule has 23 heavy (non-hydrogen) atoms. The number of methoxy groups -OCH3 is 1. The van der Waals surface area contributed by atoms with Crippen molar-refractivity contribution in [2.45, 2.75) is 39.5 Å². The van der Waals surface area contributed by atoms with Crippen molar-refractivity contribution in [1.82, 2.24) is 5.32 Å². The largest absolute Gasteiger partial charge is 0.491 e. The highest BCUT2D eigenvalue weighted by Gasteiger charge is 2.19. The molecule has 1 aromatic rings. The van der Waals surface area contributed by atoms with Gasteiger partial charge in [-0.3, -0.25) is 0 Å². The predicted molar refractivity (Wildman–Crippen MR) is 95.6 cm³/mol. The first-order valence-corrected chi connectivity index (χ1v) is 8.46. The van der Waals surface area contributed by atoms with Crippen LogP contribution < -0.4 is 10.1 Å². The molecule has 0 unspecified atom stereocenters. The third-order valence-corrected chi connectivity index (χ3v) is 3.55. The first kappa shape index (κ1) is 19.9. The van der Waals surface area contributed by atoms with Crippen LogP contribution in [0.25, 0.3) is 0 Å². The SMILES string of the molecule is COCCCNCCOCCOc1ccc(C)cc1C(C)(C)C. The number of ether oxygens (including phenoxy) is 3. The third-order valence-electron chi connectivity index (χ3n) is 3.55. The van der Waals surface area contributed by atoms with Crippen LogP contribution in [0, 0.1) is 6.92 Å². The Morgan fingerprint density at radius 1 is 1.00 bits per heavy atom. The second kappa shape index (κ2) is 10.6. The average Bonchev–Trinajstić information content (AvgIpc) is 2.49. The average molecular weight is 323 g/mol. The van der Waals surface area contributed by atoms with E-state index in [-0.39, 0.29) is 5.41 Å². The van der Waals surface area contributed by atoms with Crippen LogP contribution in [0.3, 0.4) is 0 Å². The van der Waals surface area contributed by atoms with Gasteiger partial charge < -0.3 is 19.5 Å². The van der Waals surface area contributed by atoms with Crippen LogP contribution in [0.2, 0.25) is 0 Å². The summed E-state index contributed by atoms with van der Waals surface area (Å²) in [7, 11) is 1.72. The summed E-state index contributed by atoms with van der Waals surface area (Å²) in [5, 5.41) is 3.32. The van der Waals surface area contributed by atoms with Gasteiger partial charge in [0.2, 0.25) is 0 Å². The fraction of sp³-hybridized carbons (Fsp3) is 0.684. The Morgan fingerprint density at radius 3 is 2.48 bits per heavy atom. The molecule has 0 amide bonds. The maximum absolute atomic E-state index is 5.92. The van der Waals surface area contributed by atoms with Crippen molar-refractivity contribution in [1.29, 1.82) is 0 Å². The van der Waals surface area contributed by atoms with Crippen molar-refractivity contribution in [3.63, 3.8) is 0 Å². The van der Waals surface area contributed by atoms with Gasteiger partial charge in [-0.15, -0.1) is 0 Å². The molecule has 0 heterocycles. The van der Waals surface area contributed by atoms with Crippen LogP contribution in [-0.2, 0) is 14.9 Å². The van der Waals surface area contributed by atoms with E-state index in [1.54, 1.807) is 7.11 Å². The number of benzene rings is 1. The molecule has 132 valence electrons. The van der Waals surface area contributed by atoms with Crippen LogP contribution in [-0.4, -0.2) is 46.6 Å². The molecule has 0 bridgehead atoms. The molecule has 1 aromatic carbocycles. The highest BCUT2D eigenvalue weighted by molar-refractivity contribution is 5.41. The van der Waals surface area contributed by atoms with E-state index in [4.69, 9.17) is 14.2 Å². The second-order valence-corrected chi connectivity index (χ2v) is 6.81. The van der Waals surface area contributed by atoms with E-state index in [2.05, 4.69) is 51.2 Å². The molecule has 1 N–H and O–H groups in total. The lowest BCUT2D eigenvalue weighted by Crippen LogP contribution is -2.23. The van der Waals surface area contributed by atoms with Gasteiger partial charge in [-0.25, -0.2) is 0 Å². The van der Waals surface area contributed by atoms with E-state index < -0.39 is 0 Å². The molecule has 0 spiro atoms. The monoisotopic (exact) mass is 323 g/mol. The van der Waals surface area contributed by atoms with Crippen molar-refractivity contribution in [2.24, 2.45) is 0 Å². The zero-order chi connectivity index (χ0) is 17.1. The maximum atomic E-state index is 5.92. The summed E-state index contributed by atoms with van der Waals surface area (Å²) in [6.45, 7) is 13.3. The summed E-state index contributed by atoms with van der Waals surface area (Å²) >= 11 is 0. The first-order valence-electron chi connectivity index (χ1n) is 8.46. The Kier molecular flexibility index (Phi) is 9.22. The first-order chi connectivity index (χ1) is 10.9. The van der Waals surface area contributed by atoms with E-state index >= 15 is 0 Å². The fourth-order valence-corrected chi connectivity index (χ4v) is 2.28. The Labute approximate surface area is 141 Å². The van der Waals surface area contributed by atoms with Gasteiger partial charge in [0, 0.05) is 20.3 Å². The molecule has 0 aliphatic rings. The fourth-order valence-electron chi connectivity index (χ4n) is 2.28. The molecule has 4 heteroatoms. The summed E-state index contributed by atoms with van der Waals surface area (Å²) < 4.78 is 16.5. The van der Waals surface area contributed by atoms with Crippen LogP contribution in [0.15, 0.2) is 18.2 Å². The van der Waals surface area contributed by atoms with E-state index in [9.17, 15) is 0 Å². The van der Waals surface area contributed by atoms with E-state index in [0.717, 1.165) is 31.9 Å². The molecule has 0 saturated carbocycles. The quantitative estimate of drug-likeness (QED) is 0.634. The van der Waals surface area contributed by atoms with Gasteiger partial charge in [-0.05, 0) is 36.9 Å². The summed E-state index contributed by atoms with van der Waals surface area (Å²) in [6, 6.07) is 6.36. The van der Waals surface area contributed by atoms with Gasteiger partial charge in [0.05, 0.1) is 13.2 Å². The molecule has 4 nitrogen and oxygen atoms in total. The predicted octanol–water partition coefficient (Wildman–Crippen LogP) is 3.31. The minimum absolute atomic E-state index is 0.0777. The van der Waals surface area contributed by atoms with E-state index in [1.165, 1.54) is 11.1 Å². The van der Waals surface area contributed by atoms with Crippen LogP contribution in [0.5, 0.6) is 5.75 Å². The lowest BCUT2D eigenvalue weighted by Gasteiger charge is -2.23. The topological polar surface area (TPSA) is 39.7 Å².